The number of nitrogens with zero attached hydrogens (tertiary/aromatic N) is 1. The Morgan fingerprint density at radius 2 is 2.37 bits per heavy atom. The van der Waals surface area contributed by atoms with E-state index in [0.717, 1.165) is 23.9 Å². The molecule has 1 aliphatic carbocycles. The Kier molecular flexibility index (Phi) is 6.23. The molecule has 1 heterocycles. The standard InChI is InChI=1S/C13H21N3OS.ClH/c1-3-9-4-5-10-11(7-9)18-13(15-10)16-12(17)6-8(2)14;/h8-9H,3-7,14H2,1-2H3,(H,15,16,17);1H. The summed E-state index contributed by atoms with van der Waals surface area (Å²) in [6.07, 6.45) is 4.96. The maximum atomic E-state index is 11.6. The predicted molar refractivity (Wildman–Crippen MR) is 82.1 cm³/mol. The van der Waals surface area contributed by atoms with E-state index in [2.05, 4.69) is 17.2 Å². The van der Waals surface area contributed by atoms with Gasteiger partial charge in [0.25, 0.3) is 0 Å². The number of rotatable bonds is 4. The Hall–Kier alpha value is -0.650. The first-order chi connectivity index (χ1) is 8.58. The van der Waals surface area contributed by atoms with Gasteiger partial charge in [-0.3, -0.25) is 4.79 Å². The number of fused-ring (bicyclic) bond motifs is 1. The lowest BCUT2D eigenvalue weighted by atomic mass is 9.89. The van der Waals surface area contributed by atoms with Crippen molar-refractivity contribution in [3.63, 3.8) is 0 Å². The number of thiazole rings is 1. The van der Waals surface area contributed by atoms with Gasteiger partial charge in [0.15, 0.2) is 5.13 Å². The third-order valence-corrected chi connectivity index (χ3v) is 4.41. The normalized spacial score (nSPS) is 19.2. The van der Waals surface area contributed by atoms with E-state index >= 15 is 0 Å². The van der Waals surface area contributed by atoms with Crippen LogP contribution < -0.4 is 11.1 Å². The molecule has 0 aliphatic heterocycles. The summed E-state index contributed by atoms with van der Waals surface area (Å²) in [5, 5.41) is 3.59. The summed E-state index contributed by atoms with van der Waals surface area (Å²) in [6, 6.07) is -0.107. The van der Waals surface area contributed by atoms with Crippen molar-refractivity contribution in [2.45, 2.75) is 52.0 Å². The minimum atomic E-state index is -0.107. The van der Waals surface area contributed by atoms with Gasteiger partial charge in [-0.15, -0.1) is 23.7 Å². The Morgan fingerprint density at radius 1 is 1.63 bits per heavy atom. The van der Waals surface area contributed by atoms with Gasteiger partial charge in [-0.1, -0.05) is 13.3 Å². The maximum absolute atomic E-state index is 11.6. The second kappa shape index (κ2) is 7.22. The van der Waals surface area contributed by atoms with Crippen molar-refractivity contribution in [3.05, 3.63) is 10.6 Å². The number of carbonyl (C=O) groups excluding carboxylic acids is 1. The lowest BCUT2D eigenvalue weighted by molar-refractivity contribution is -0.116. The zero-order chi connectivity index (χ0) is 13.1. The molecule has 0 saturated heterocycles. The summed E-state index contributed by atoms with van der Waals surface area (Å²) in [5.41, 5.74) is 6.78. The Morgan fingerprint density at radius 3 is 3.00 bits per heavy atom. The fourth-order valence-corrected chi connectivity index (χ4v) is 3.45. The summed E-state index contributed by atoms with van der Waals surface area (Å²) >= 11 is 1.63. The van der Waals surface area contributed by atoms with Crippen molar-refractivity contribution in [1.82, 2.24) is 4.98 Å². The number of nitrogens with one attached hydrogen (secondary N) is 1. The average Bonchev–Trinajstić information content (AvgIpc) is 2.68. The van der Waals surface area contributed by atoms with Crippen molar-refractivity contribution in [2.75, 3.05) is 5.32 Å². The van der Waals surface area contributed by atoms with Crippen LogP contribution in [0.4, 0.5) is 5.13 Å². The van der Waals surface area contributed by atoms with Crippen LogP contribution in [0.5, 0.6) is 0 Å². The van der Waals surface area contributed by atoms with Gasteiger partial charge in [0.1, 0.15) is 0 Å². The van der Waals surface area contributed by atoms with Crippen molar-refractivity contribution in [1.29, 1.82) is 0 Å². The number of aromatic nitrogens is 1. The van der Waals surface area contributed by atoms with E-state index in [9.17, 15) is 4.79 Å². The number of anilines is 1. The van der Waals surface area contributed by atoms with Gasteiger partial charge in [-0.2, -0.15) is 0 Å². The van der Waals surface area contributed by atoms with Gasteiger partial charge >= 0.3 is 0 Å². The van der Waals surface area contributed by atoms with E-state index in [1.807, 2.05) is 6.92 Å². The molecule has 1 amide bonds. The van der Waals surface area contributed by atoms with Gasteiger partial charge in [0, 0.05) is 17.3 Å². The van der Waals surface area contributed by atoms with Crippen LogP contribution in [0.25, 0.3) is 0 Å². The number of hydrogen-bond donors (Lipinski definition) is 2. The molecule has 0 fully saturated rings. The third kappa shape index (κ3) is 4.44. The summed E-state index contributed by atoms with van der Waals surface area (Å²) in [4.78, 5) is 17.5. The van der Waals surface area contributed by atoms with Crippen LogP contribution in [0.15, 0.2) is 0 Å². The third-order valence-electron chi connectivity index (χ3n) is 3.37. The number of hydrogen-bond acceptors (Lipinski definition) is 4. The largest absolute Gasteiger partial charge is 0.327 e. The maximum Gasteiger partial charge on any atom is 0.227 e. The first kappa shape index (κ1) is 16.4. The number of aryl methyl sites for hydroxylation is 1. The zero-order valence-electron chi connectivity index (χ0n) is 11.4. The predicted octanol–water partition coefficient (Wildman–Crippen LogP) is 2.76. The van der Waals surface area contributed by atoms with E-state index < -0.39 is 0 Å². The Labute approximate surface area is 124 Å². The Balaban J connectivity index is 0.00000180. The molecule has 0 spiro atoms. The monoisotopic (exact) mass is 303 g/mol. The molecule has 108 valence electrons. The molecule has 0 saturated carbocycles. The topological polar surface area (TPSA) is 68.0 Å². The van der Waals surface area contributed by atoms with Crippen LogP contribution in [0.1, 0.15) is 43.7 Å². The molecule has 2 rings (SSSR count). The second-order valence-electron chi connectivity index (χ2n) is 5.14. The molecule has 19 heavy (non-hydrogen) atoms. The first-order valence-corrected chi connectivity index (χ1v) is 7.44. The molecule has 0 aromatic carbocycles. The van der Waals surface area contributed by atoms with Crippen LogP contribution in [-0.2, 0) is 17.6 Å². The minimum absolute atomic E-state index is 0. The summed E-state index contributed by atoms with van der Waals surface area (Å²) in [5.74, 6) is 0.744. The lowest BCUT2D eigenvalue weighted by Crippen LogP contribution is -2.23. The summed E-state index contributed by atoms with van der Waals surface area (Å²) < 4.78 is 0. The molecular formula is C13H22ClN3OS. The molecule has 4 nitrogen and oxygen atoms in total. The molecule has 6 heteroatoms. The van der Waals surface area contributed by atoms with Gasteiger partial charge in [-0.05, 0) is 32.1 Å². The number of amides is 1. The molecule has 0 bridgehead atoms. The molecule has 1 aromatic heterocycles. The Bertz CT molecular complexity index is 434. The van der Waals surface area contributed by atoms with Crippen molar-refractivity contribution >= 4 is 34.8 Å². The molecule has 1 aromatic rings. The highest BCUT2D eigenvalue weighted by atomic mass is 35.5. The van der Waals surface area contributed by atoms with E-state index in [1.165, 1.54) is 23.4 Å². The quantitative estimate of drug-likeness (QED) is 0.898. The van der Waals surface area contributed by atoms with Gasteiger partial charge in [0.05, 0.1) is 5.69 Å². The average molecular weight is 304 g/mol. The van der Waals surface area contributed by atoms with Crippen LogP contribution >= 0.6 is 23.7 Å². The van der Waals surface area contributed by atoms with Crippen molar-refractivity contribution in [3.8, 4) is 0 Å². The summed E-state index contributed by atoms with van der Waals surface area (Å²) in [7, 11) is 0. The molecule has 1 aliphatic rings. The van der Waals surface area contributed by atoms with Gasteiger partial charge in [0.2, 0.25) is 5.91 Å². The zero-order valence-corrected chi connectivity index (χ0v) is 13.1. The fraction of sp³-hybridized carbons (Fsp3) is 0.692. The van der Waals surface area contributed by atoms with Crippen LogP contribution in [-0.4, -0.2) is 16.9 Å². The highest BCUT2D eigenvalue weighted by Gasteiger charge is 2.22. The number of halogens is 1. The van der Waals surface area contributed by atoms with E-state index in [4.69, 9.17) is 5.73 Å². The number of nitrogens with two attached hydrogens (primary N) is 1. The second-order valence-corrected chi connectivity index (χ2v) is 6.22. The van der Waals surface area contributed by atoms with Crippen molar-refractivity contribution in [2.24, 2.45) is 11.7 Å². The van der Waals surface area contributed by atoms with Gasteiger partial charge in [-0.25, -0.2) is 4.98 Å². The minimum Gasteiger partial charge on any atom is -0.327 e. The SMILES string of the molecule is CCC1CCc2nc(NC(=O)CC(C)N)sc2C1.Cl. The van der Waals surface area contributed by atoms with E-state index in [-0.39, 0.29) is 24.4 Å². The van der Waals surface area contributed by atoms with Crippen LogP contribution in [0.2, 0.25) is 0 Å². The molecule has 3 N–H and O–H groups in total. The highest BCUT2D eigenvalue weighted by Crippen LogP contribution is 2.33. The molecule has 2 atom stereocenters. The fourth-order valence-electron chi connectivity index (χ4n) is 2.31. The molecule has 2 unspecified atom stereocenters. The number of carbonyl (C=O) groups is 1. The van der Waals surface area contributed by atoms with E-state index in [1.54, 1.807) is 11.3 Å². The van der Waals surface area contributed by atoms with E-state index in [0.29, 0.717) is 6.42 Å². The highest BCUT2D eigenvalue weighted by molar-refractivity contribution is 7.15. The van der Waals surface area contributed by atoms with Crippen LogP contribution in [0.3, 0.4) is 0 Å². The summed E-state index contributed by atoms with van der Waals surface area (Å²) in [6.45, 7) is 4.07. The van der Waals surface area contributed by atoms with Gasteiger partial charge < -0.3 is 11.1 Å². The lowest BCUT2D eigenvalue weighted by Gasteiger charge is -2.18. The van der Waals surface area contributed by atoms with Crippen LogP contribution in [0, 0.1) is 5.92 Å². The van der Waals surface area contributed by atoms with Crippen molar-refractivity contribution < 1.29 is 4.79 Å². The molecular weight excluding hydrogens is 282 g/mol. The first-order valence-electron chi connectivity index (χ1n) is 6.62. The smallest absolute Gasteiger partial charge is 0.227 e. The molecule has 0 radical (unpaired) electrons.